The lowest BCUT2D eigenvalue weighted by Gasteiger charge is -2.63. The first kappa shape index (κ1) is 4.13. The van der Waals surface area contributed by atoms with Crippen molar-refractivity contribution in [3.8, 4) is 0 Å². The first-order valence-electron chi connectivity index (χ1n) is 4.97. The summed E-state index contributed by atoms with van der Waals surface area (Å²) in [6, 6.07) is 0. The molecule has 6 aliphatic rings. The van der Waals surface area contributed by atoms with Crippen molar-refractivity contribution in [3.05, 3.63) is 0 Å². The molecule has 0 saturated heterocycles. The predicted octanol–water partition coefficient (Wildman–Crippen LogP) is 1.76. The van der Waals surface area contributed by atoms with Crippen LogP contribution in [0.3, 0.4) is 0 Å². The highest BCUT2D eigenvalue weighted by Crippen LogP contribution is 2.88. The maximum absolute atomic E-state index is 1.68. The summed E-state index contributed by atoms with van der Waals surface area (Å²) in [4.78, 5) is 0. The van der Waals surface area contributed by atoms with Crippen molar-refractivity contribution < 1.29 is 0 Å². The first-order chi connectivity index (χ1) is 4.97. The molecule has 10 heavy (non-hydrogen) atoms. The monoisotopic (exact) mass is 132 g/mol. The van der Waals surface area contributed by atoms with Crippen LogP contribution in [0.4, 0.5) is 0 Å². The number of hydrogen-bond donors (Lipinski definition) is 0. The Morgan fingerprint density at radius 1 is 0.500 bits per heavy atom. The first-order valence-corrected chi connectivity index (χ1v) is 4.97. The standard InChI is InChI=1S/C10H12/c1-3-4-2-6-7(3)9-5(1)8(4)10(6)9/h3-10H,1-2H2/t3-,4+,5+,6-,7-,8-,9-,10+/m1/s1. The molecule has 6 rings (SSSR count). The Labute approximate surface area is 61.0 Å². The molecular formula is C10H12. The van der Waals surface area contributed by atoms with Crippen molar-refractivity contribution in [1.29, 1.82) is 0 Å². The average Bonchev–Trinajstić information content (AvgIpc) is 2.32. The molecule has 0 N–H and O–H groups in total. The molecule has 0 aliphatic heterocycles. The van der Waals surface area contributed by atoms with Gasteiger partial charge in [0, 0.05) is 0 Å². The van der Waals surface area contributed by atoms with Gasteiger partial charge >= 0.3 is 0 Å². The quantitative estimate of drug-likeness (QED) is 0.471. The van der Waals surface area contributed by atoms with Crippen LogP contribution in [0.5, 0.6) is 0 Å². The summed E-state index contributed by atoms with van der Waals surface area (Å²) in [5.74, 6) is 10.3. The van der Waals surface area contributed by atoms with Crippen LogP contribution in [-0.2, 0) is 0 Å². The van der Waals surface area contributed by atoms with E-state index in [9.17, 15) is 0 Å². The lowest BCUT2D eigenvalue weighted by molar-refractivity contribution is -0.169. The van der Waals surface area contributed by atoms with E-state index < -0.39 is 0 Å². The van der Waals surface area contributed by atoms with Gasteiger partial charge < -0.3 is 0 Å². The molecule has 6 fully saturated rings. The Bertz CT molecular complexity index is 201. The molecule has 0 aromatic heterocycles. The summed E-state index contributed by atoms with van der Waals surface area (Å²) in [5, 5.41) is 0. The molecule has 4 bridgehead atoms. The van der Waals surface area contributed by atoms with E-state index in [4.69, 9.17) is 0 Å². The summed E-state index contributed by atoms with van der Waals surface area (Å²) in [7, 11) is 0. The van der Waals surface area contributed by atoms with Crippen LogP contribution in [0.15, 0.2) is 0 Å². The van der Waals surface area contributed by atoms with Crippen LogP contribution in [0.1, 0.15) is 12.8 Å². The average molecular weight is 132 g/mol. The Morgan fingerprint density at radius 3 is 1.40 bits per heavy atom. The summed E-state index contributed by atoms with van der Waals surface area (Å²) in [6.45, 7) is 0. The third kappa shape index (κ3) is 0.170. The summed E-state index contributed by atoms with van der Waals surface area (Å²) in [5.41, 5.74) is 0. The van der Waals surface area contributed by atoms with Crippen LogP contribution < -0.4 is 0 Å². The highest BCUT2D eigenvalue weighted by Gasteiger charge is 2.83. The second-order valence-electron chi connectivity index (χ2n) is 5.44. The van der Waals surface area contributed by atoms with E-state index in [0.29, 0.717) is 0 Å². The molecule has 0 radical (unpaired) electrons. The number of hydrogen-bond acceptors (Lipinski definition) is 0. The Kier molecular flexibility index (Phi) is 0.352. The van der Waals surface area contributed by atoms with E-state index in [1.165, 1.54) is 47.3 Å². The maximum Gasteiger partial charge on any atom is -0.0315 e. The second kappa shape index (κ2) is 0.852. The van der Waals surface area contributed by atoms with Crippen molar-refractivity contribution in [2.45, 2.75) is 12.8 Å². The third-order valence-electron chi connectivity index (χ3n) is 5.94. The van der Waals surface area contributed by atoms with Gasteiger partial charge in [-0.05, 0) is 60.2 Å². The van der Waals surface area contributed by atoms with Gasteiger partial charge in [-0.2, -0.15) is 0 Å². The third-order valence-corrected chi connectivity index (χ3v) is 5.94. The predicted molar refractivity (Wildman–Crippen MR) is 37.2 cm³/mol. The lowest BCUT2D eigenvalue weighted by atomic mass is 9.41. The van der Waals surface area contributed by atoms with Gasteiger partial charge in [-0.3, -0.25) is 0 Å². The van der Waals surface area contributed by atoms with Crippen LogP contribution >= 0.6 is 0 Å². The van der Waals surface area contributed by atoms with Gasteiger partial charge in [0.05, 0.1) is 0 Å². The van der Waals surface area contributed by atoms with Crippen molar-refractivity contribution in [1.82, 2.24) is 0 Å². The summed E-state index contributed by atoms with van der Waals surface area (Å²) >= 11 is 0. The van der Waals surface area contributed by atoms with Crippen LogP contribution in [0.25, 0.3) is 0 Å². The van der Waals surface area contributed by atoms with Gasteiger partial charge in [0.15, 0.2) is 0 Å². The fraction of sp³-hybridized carbons (Fsp3) is 1.00. The van der Waals surface area contributed by atoms with E-state index in [0.717, 1.165) is 0 Å². The van der Waals surface area contributed by atoms with E-state index in [2.05, 4.69) is 0 Å². The van der Waals surface area contributed by atoms with E-state index in [1.807, 2.05) is 0 Å². The van der Waals surface area contributed by atoms with Crippen LogP contribution in [0, 0.1) is 47.3 Å². The van der Waals surface area contributed by atoms with Gasteiger partial charge in [-0.25, -0.2) is 0 Å². The molecular weight excluding hydrogens is 120 g/mol. The van der Waals surface area contributed by atoms with Gasteiger partial charge in [-0.1, -0.05) is 0 Å². The molecule has 0 amide bonds. The SMILES string of the molecule is C1[C@@H]2[C@H]3[C@@H]4C[C@H]5[C@@H]([C@@H]14)[C@H]2[C@H]53. The molecule has 0 heterocycles. The van der Waals surface area contributed by atoms with Gasteiger partial charge in [-0.15, -0.1) is 0 Å². The minimum atomic E-state index is 1.27. The van der Waals surface area contributed by atoms with Crippen molar-refractivity contribution in [3.63, 3.8) is 0 Å². The minimum Gasteiger partial charge on any atom is -0.0465 e. The summed E-state index contributed by atoms with van der Waals surface area (Å²) < 4.78 is 0. The molecule has 8 atom stereocenters. The lowest BCUT2D eigenvalue weighted by Crippen LogP contribution is -2.60. The highest BCUT2D eigenvalue weighted by atomic mass is 14.9. The highest BCUT2D eigenvalue weighted by molar-refractivity contribution is 5.30. The molecule has 0 heteroatoms. The smallest absolute Gasteiger partial charge is 0.0315 e. The molecule has 52 valence electrons. The van der Waals surface area contributed by atoms with Crippen LogP contribution in [-0.4, -0.2) is 0 Å². The zero-order valence-electron chi connectivity index (χ0n) is 6.03. The Balaban J connectivity index is 1.94. The fourth-order valence-corrected chi connectivity index (χ4v) is 6.15. The van der Waals surface area contributed by atoms with Gasteiger partial charge in [0.25, 0.3) is 0 Å². The summed E-state index contributed by atoms with van der Waals surface area (Å²) in [6.07, 6.45) is 3.36. The molecule has 0 spiro atoms. The maximum atomic E-state index is 1.68. The molecule has 0 aromatic carbocycles. The second-order valence-corrected chi connectivity index (χ2v) is 5.44. The molecule has 0 unspecified atom stereocenters. The van der Waals surface area contributed by atoms with E-state index in [1.54, 1.807) is 12.8 Å². The zero-order chi connectivity index (χ0) is 6.03. The van der Waals surface area contributed by atoms with Gasteiger partial charge in [0.1, 0.15) is 0 Å². The van der Waals surface area contributed by atoms with Crippen LogP contribution in [0.2, 0.25) is 0 Å². The van der Waals surface area contributed by atoms with Crippen molar-refractivity contribution >= 4 is 0 Å². The fourth-order valence-electron chi connectivity index (χ4n) is 6.15. The topological polar surface area (TPSA) is 0 Å². The van der Waals surface area contributed by atoms with E-state index >= 15 is 0 Å². The van der Waals surface area contributed by atoms with Gasteiger partial charge in [0.2, 0.25) is 0 Å². The molecule has 0 aromatic rings. The van der Waals surface area contributed by atoms with E-state index in [-0.39, 0.29) is 0 Å². The molecule has 6 aliphatic carbocycles. The Morgan fingerprint density at radius 2 is 1.00 bits per heavy atom. The minimum absolute atomic E-state index is 1.27. The van der Waals surface area contributed by atoms with Crippen molar-refractivity contribution in [2.75, 3.05) is 0 Å². The molecule has 6 saturated carbocycles. The number of rotatable bonds is 0. The zero-order valence-corrected chi connectivity index (χ0v) is 6.03. The van der Waals surface area contributed by atoms with Crippen molar-refractivity contribution in [2.24, 2.45) is 47.3 Å². The largest absolute Gasteiger partial charge is 0.0465 e. The molecule has 0 nitrogen and oxygen atoms in total. The Hall–Kier alpha value is 0. The normalized spacial score (nSPS) is 91.2.